The van der Waals surface area contributed by atoms with Crippen LogP contribution in [0.1, 0.15) is 30.5 Å². The molecule has 0 spiro atoms. The third-order valence-electron chi connectivity index (χ3n) is 7.27. The first-order chi connectivity index (χ1) is 20.5. The molecule has 1 aliphatic rings. The van der Waals surface area contributed by atoms with E-state index in [-0.39, 0.29) is 18.3 Å². The van der Waals surface area contributed by atoms with Crippen LogP contribution in [0.15, 0.2) is 67.5 Å². The summed E-state index contributed by atoms with van der Waals surface area (Å²) in [7, 11) is 0. The number of hydrogen-bond donors (Lipinski definition) is 2. The molecule has 5 rings (SSSR count). The number of aryl methyl sites for hydroxylation is 1. The van der Waals surface area contributed by atoms with Crippen LogP contribution in [-0.4, -0.2) is 75.2 Å². The lowest BCUT2D eigenvalue weighted by Crippen LogP contribution is -2.49. The zero-order valence-corrected chi connectivity index (χ0v) is 23.5. The van der Waals surface area contributed by atoms with E-state index in [1.54, 1.807) is 24.3 Å². The predicted octanol–water partition coefficient (Wildman–Crippen LogP) is 4.75. The number of aromatic nitrogens is 4. The highest BCUT2D eigenvalue weighted by Crippen LogP contribution is 2.28. The second-order valence-electron chi connectivity index (χ2n) is 10.1. The fourth-order valence-electron chi connectivity index (χ4n) is 4.93. The Labute approximate surface area is 244 Å². The van der Waals surface area contributed by atoms with E-state index in [0.717, 1.165) is 33.9 Å². The van der Waals surface area contributed by atoms with E-state index < -0.39 is 0 Å². The molecule has 218 valence electrons. The van der Waals surface area contributed by atoms with Crippen molar-refractivity contribution in [1.29, 1.82) is 0 Å². The summed E-state index contributed by atoms with van der Waals surface area (Å²) in [4.78, 5) is 33.9. The average Bonchev–Trinajstić information content (AvgIpc) is 3.46. The number of aliphatic hydroxyl groups is 1. The predicted molar refractivity (Wildman–Crippen MR) is 160 cm³/mol. The highest BCUT2D eigenvalue weighted by molar-refractivity contribution is 5.76. The first kappa shape index (κ1) is 28.9. The molecule has 42 heavy (non-hydrogen) atoms. The summed E-state index contributed by atoms with van der Waals surface area (Å²) < 4.78 is 19.1. The first-order valence-electron chi connectivity index (χ1n) is 14.2. The lowest BCUT2D eigenvalue weighted by molar-refractivity contribution is -0.131. The number of halogens is 1. The Kier molecular flexibility index (Phi) is 9.55. The van der Waals surface area contributed by atoms with Gasteiger partial charge in [0.25, 0.3) is 0 Å². The molecular weight excluding hydrogens is 535 g/mol. The molecule has 2 aromatic carbocycles. The molecule has 0 atom stereocenters. The molecule has 2 aromatic heterocycles. The topological polar surface area (TPSA) is 107 Å². The zero-order chi connectivity index (χ0) is 29.3. The van der Waals surface area contributed by atoms with Gasteiger partial charge in [0.05, 0.1) is 12.3 Å². The summed E-state index contributed by atoms with van der Waals surface area (Å²) in [5.74, 6) is 1.74. The lowest BCUT2D eigenvalue weighted by Gasteiger charge is -2.35. The number of hydrogen-bond acceptors (Lipinski definition) is 7. The van der Waals surface area contributed by atoms with Crippen LogP contribution in [0.2, 0.25) is 0 Å². The summed E-state index contributed by atoms with van der Waals surface area (Å²) in [6, 6.07) is 16.1. The van der Waals surface area contributed by atoms with Gasteiger partial charge in [-0.25, -0.2) is 19.3 Å². The SMILES string of the molecule is C=Cc1ccc(-c2nc(-c3ccc(F)cc3)[nH]c2CCCC(=O)N2CCN(c3cc(OCCCO)ncn3)CC2)cc1. The van der Waals surface area contributed by atoms with E-state index in [1.165, 1.54) is 18.5 Å². The number of carbonyl (C=O) groups excluding carboxylic acids is 1. The largest absolute Gasteiger partial charge is 0.477 e. The van der Waals surface area contributed by atoms with Gasteiger partial charge in [0.1, 0.15) is 23.8 Å². The van der Waals surface area contributed by atoms with E-state index in [9.17, 15) is 9.18 Å². The van der Waals surface area contributed by atoms with Crippen molar-refractivity contribution in [3.05, 3.63) is 84.6 Å². The zero-order valence-electron chi connectivity index (χ0n) is 23.5. The molecule has 0 radical (unpaired) electrons. The average molecular weight is 571 g/mol. The van der Waals surface area contributed by atoms with Crippen molar-refractivity contribution in [2.24, 2.45) is 0 Å². The molecule has 0 unspecified atom stereocenters. The van der Waals surface area contributed by atoms with Crippen LogP contribution in [0.5, 0.6) is 5.88 Å². The van der Waals surface area contributed by atoms with Crippen molar-refractivity contribution < 1.29 is 19.0 Å². The van der Waals surface area contributed by atoms with Crippen LogP contribution in [-0.2, 0) is 11.2 Å². The van der Waals surface area contributed by atoms with Crippen LogP contribution in [0.4, 0.5) is 10.2 Å². The quantitative estimate of drug-likeness (QED) is 0.237. The Bertz CT molecular complexity index is 1480. The maximum absolute atomic E-state index is 13.5. The van der Waals surface area contributed by atoms with Gasteiger partial charge in [0, 0.05) is 68.5 Å². The molecule has 3 heterocycles. The summed E-state index contributed by atoms with van der Waals surface area (Å²) in [5.41, 5.74) is 4.56. The highest BCUT2D eigenvalue weighted by Gasteiger charge is 2.22. The lowest BCUT2D eigenvalue weighted by atomic mass is 10.0. The number of imidazole rings is 1. The molecule has 0 saturated carbocycles. The smallest absolute Gasteiger partial charge is 0.222 e. The number of piperazine rings is 1. The standard InChI is InChI=1S/C32H35FN6O3/c1-2-23-7-9-24(10-8-23)31-27(36-32(37-31)25-11-13-26(33)14-12-25)5-3-6-30(41)39-17-15-38(16-18-39)28-21-29(35-22-34-28)42-20-4-19-40/h2,7-14,21-22,40H,1,3-6,15-20H2,(H,36,37). The Morgan fingerprint density at radius 2 is 1.76 bits per heavy atom. The van der Waals surface area contributed by atoms with Crippen LogP contribution >= 0.6 is 0 Å². The maximum atomic E-state index is 13.5. The molecule has 2 N–H and O–H groups in total. The summed E-state index contributed by atoms with van der Waals surface area (Å²) >= 11 is 0. The first-order valence-corrected chi connectivity index (χ1v) is 14.2. The van der Waals surface area contributed by atoms with Gasteiger partial charge < -0.3 is 24.6 Å². The normalized spacial score (nSPS) is 13.3. The molecule has 1 aliphatic heterocycles. The molecule has 4 aromatic rings. The number of nitrogens with one attached hydrogen (secondary N) is 1. The van der Waals surface area contributed by atoms with Crippen molar-refractivity contribution in [1.82, 2.24) is 24.8 Å². The van der Waals surface area contributed by atoms with Gasteiger partial charge in [-0.3, -0.25) is 4.79 Å². The van der Waals surface area contributed by atoms with Gasteiger partial charge in [-0.15, -0.1) is 0 Å². The van der Waals surface area contributed by atoms with Gasteiger partial charge in [0.15, 0.2) is 0 Å². The molecule has 0 bridgehead atoms. The Morgan fingerprint density at radius 1 is 1.02 bits per heavy atom. The van der Waals surface area contributed by atoms with Gasteiger partial charge in [-0.05, 0) is 42.7 Å². The number of amides is 1. The van der Waals surface area contributed by atoms with Crippen molar-refractivity contribution in [3.8, 4) is 28.5 Å². The van der Waals surface area contributed by atoms with Gasteiger partial charge in [-0.1, -0.05) is 36.9 Å². The molecule has 9 nitrogen and oxygen atoms in total. The maximum Gasteiger partial charge on any atom is 0.222 e. The van der Waals surface area contributed by atoms with Gasteiger partial charge in [-0.2, -0.15) is 0 Å². The number of rotatable bonds is 12. The second kappa shape index (κ2) is 13.9. The number of anilines is 1. The number of benzene rings is 2. The van der Waals surface area contributed by atoms with Crippen molar-refractivity contribution in [2.45, 2.75) is 25.7 Å². The molecule has 1 fully saturated rings. The summed E-state index contributed by atoms with van der Waals surface area (Å²) in [6.07, 6.45) is 5.56. The van der Waals surface area contributed by atoms with E-state index in [2.05, 4.69) is 26.4 Å². The third-order valence-corrected chi connectivity index (χ3v) is 7.27. The molecule has 1 amide bonds. The minimum atomic E-state index is -0.296. The highest BCUT2D eigenvalue weighted by atomic mass is 19.1. The van der Waals surface area contributed by atoms with Gasteiger partial charge >= 0.3 is 0 Å². The Balaban J connectivity index is 1.19. The summed E-state index contributed by atoms with van der Waals surface area (Å²) in [6.45, 7) is 6.86. The number of H-pyrrole nitrogens is 1. The van der Waals surface area contributed by atoms with Crippen molar-refractivity contribution in [2.75, 3.05) is 44.3 Å². The number of ether oxygens (including phenoxy) is 1. The van der Waals surface area contributed by atoms with Crippen LogP contribution in [0.25, 0.3) is 28.7 Å². The van der Waals surface area contributed by atoms with Crippen LogP contribution < -0.4 is 9.64 Å². The van der Waals surface area contributed by atoms with Crippen molar-refractivity contribution in [3.63, 3.8) is 0 Å². The third kappa shape index (κ3) is 7.19. The van der Waals surface area contributed by atoms with E-state index in [1.807, 2.05) is 29.2 Å². The van der Waals surface area contributed by atoms with Gasteiger partial charge in [0.2, 0.25) is 11.8 Å². The van der Waals surface area contributed by atoms with Crippen molar-refractivity contribution >= 4 is 17.8 Å². The number of carbonyl (C=O) groups is 1. The molecule has 0 aliphatic carbocycles. The second-order valence-corrected chi connectivity index (χ2v) is 10.1. The number of aromatic amines is 1. The summed E-state index contributed by atoms with van der Waals surface area (Å²) in [5, 5.41) is 8.94. The van der Waals surface area contributed by atoms with Crippen LogP contribution in [0, 0.1) is 5.82 Å². The van der Waals surface area contributed by atoms with E-state index >= 15 is 0 Å². The number of aliphatic hydroxyl groups excluding tert-OH is 1. The van der Waals surface area contributed by atoms with Crippen LogP contribution in [0.3, 0.4) is 0 Å². The fourth-order valence-corrected chi connectivity index (χ4v) is 4.93. The molecular formula is C32H35FN6O3. The minimum absolute atomic E-state index is 0.0674. The van der Waals surface area contributed by atoms with E-state index in [4.69, 9.17) is 14.8 Å². The van der Waals surface area contributed by atoms with E-state index in [0.29, 0.717) is 70.2 Å². The molecule has 10 heteroatoms. The monoisotopic (exact) mass is 570 g/mol. The molecule has 1 saturated heterocycles. The Hall–Kier alpha value is -4.57. The minimum Gasteiger partial charge on any atom is -0.477 e. The Morgan fingerprint density at radius 3 is 2.48 bits per heavy atom. The number of nitrogens with zero attached hydrogens (tertiary/aromatic N) is 5. The fraction of sp³-hybridized carbons (Fsp3) is 0.312.